The first-order valence-corrected chi connectivity index (χ1v) is 4.13. The third-order valence-electron chi connectivity index (χ3n) is 1.58. The number of allylic oxidation sites excluding steroid dienone is 2. The predicted octanol–water partition coefficient (Wildman–Crippen LogP) is 0.947. The lowest BCUT2D eigenvalue weighted by Crippen LogP contribution is -2.27. The molecule has 0 spiro atoms. The van der Waals surface area contributed by atoms with Crippen LogP contribution in [-0.4, -0.2) is 17.2 Å². The number of rotatable bonds is 0. The van der Waals surface area contributed by atoms with Crippen LogP contribution in [0.4, 0.5) is 0 Å². The van der Waals surface area contributed by atoms with Crippen molar-refractivity contribution in [2.24, 2.45) is 0 Å². The van der Waals surface area contributed by atoms with E-state index in [1.807, 2.05) is 17.8 Å². The fourth-order valence-corrected chi connectivity index (χ4v) is 2.13. The molecule has 0 aromatic rings. The predicted molar refractivity (Wildman–Crippen MR) is 40.1 cm³/mol. The molecule has 1 aliphatic heterocycles. The Morgan fingerprint density at radius 2 is 2.67 bits per heavy atom. The minimum atomic E-state index is 0.556. The van der Waals surface area contributed by atoms with Crippen molar-refractivity contribution < 1.29 is 0 Å². The smallest absolute Gasteiger partial charge is 0.0502 e. The molecule has 9 heavy (non-hydrogen) atoms. The van der Waals surface area contributed by atoms with Crippen molar-refractivity contribution in [2.45, 2.75) is 11.3 Å². The van der Waals surface area contributed by atoms with Crippen LogP contribution in [0.2, 0.25) is 0 Å². The maximum Gasteiger partial charge on any atom is 0.0502 e. The van der Waals surface area contributed by atoms with Gasteiger partial charge in [0.1, 0.15) is 0 Å². The van der Waals surface area contributed by atoms with Gasteiger partial charge in [0.05, 0.1) is 5.25 Å². The molecular formula is C7H8NS. The molecule has 2 aliphatic rings. The van der Waals surface area contributed by atoms with Crippen LogP contribution in [0.1, 0.15) is 0 Å². The Hall–Kier alpha value is -0.210. The van der Waals surface area contributed by atoms with E-state index in [2.05, 4.69) is 23.5 Å². The van der Waals surface area contributed by atoms with E-state index in [0.29, 0.717) is 11.3 Å². The fourth-order valence-electron chi connectivity index (χ4n) is 1.09. The normalized spacial score (nSPS) is 39.1. The molecule has 2 rings (SSSR count). The van der Waals surface area contributed by atoms with Crippen LogP contribution in [0, 0.1) is 6.08 Å². The van der Waals surface area contributed by atoms with Gasteiger partial charge in [0, 0.05) is 11.9 Å². The largest absolute Gasteiger partial charge is 0.300 e. The average Bonchev–Trinajstić information content (AvgIpc) is 2.33. The van der Waals surface area contributed by atoms with Gasteiger partial charge in [0.2, 0.25) is 0 Å². The van der Waals surface area contributed by atoms with Gasteiger partial charge in [-0.2, -0.15) is 0 Å². The summed E-state index contributed by atoms with van der Waals surface area (Å²) in [6, 6.07) is 0.556. The molecular weight excluding hydrogens is 130 g/mol. The summed E-state index contributed by atoms with van der Waals surface area (Å²) in [5.41, 5.74) is 0. The topological polar surface area (TPSA) is 12.0 Å². The molecule has 1 heterocycles. The van der Waals surface area contributed by atoms with Crippen LogP contribution in [0.25, 0.3) is 0 Å². The number of thioether (sulfide) groups is 1. The Bertz CT molecular complexity index is 144. The third kappa shape index (κ3) is 0.926. The van der Waals surface area contributed by atoms with Crippen molar-refractivity contribution in [3.63, 3.8) is 0 Å². The lowest BCUT2D eigenvalue weighted by atomic mass is 10.1. The Labute approximate surface area is 59.2 Å². The molecule has 0 bridgehead atoms. The molecule has 1 nitrogen and oxygen atoms in total. The van der Waals surface area contributed by atoms with Gasteiger partial charge in [-0.1, -0.05) is 18.2 Å². The zero-order chi connectivity index (χ0) is 6.10. The summed E-state index contributed by atoms with van der Waals surface area (Å²) >= 11 is 1.92. The van der Waals surface area contributed by atoms with Crippen LogP contribution < -0.4 is 5.32 Å². The summed E-state index contributed by atoms with van der Waals surface area (Å²) in [5, 5.41) is 3.93. The number of hydrogen-bond donors (Lipinski definition) is 1. The molecule has 2 atom stereocenters. The van der Waals surface area contributed by atoms with Crippen molar-refractivity contribution >= 4 is 11.8 Å². The first-order chi connectivity index (χ1) is 4.47. The van der Waals surface area contributed by atoms with E-state index in [0.717, 1.165) is 5.88 Å². The Balaban J connectivity index is 2.18. The zero-order valence-electron chi connectivity index (χ0n) is 5.00. The van der Waals surface area contributed by atoms with E-state index < -0.39 is 0 Å². The Morgan fingerprint density at radius 3 is 3.56 bits per heavy atom. The summed E-state index contributed by atoms with van der Waals surface area (Å²) in [4.78, 5) is 0. The number of fused-ring (bicyclic) bond motifs is 1. The van der Waals surface area contributed by atoms with Crippen LogP contribution in [0.5, 0.6) is 0 Å². The van der Waals surface area contributed by atoms with Crippen molar-refractivity contribution in [3.8, 4) is 0 Å². The average molecular weight is 138 g/mol. The second kappa shape index (κ2) is 2.20. The summed E-state index contributed by atoms with van der Waals surface area (Å²) in [7, 11) is 0. The van der Waals surface area contributed by atoms with E-state index >= 15 is 0 Å². The second-order valence-corrected chi connectivity index (χ2v) is 3.31. The van der Waals surface area contributed by atoms with Gasteiger partial charge in [0.25, 0.3) is 0 Å². The van der Waals surface area contributed by atoms with Gasteiger partial charge < -0.3 is 5.32 Å². The minimum absolute atomic E-state index is 0.556. The standard InChI is InChI=1S/C7H8NS/c1-2-4-7-6(3-1)8-5-9-7/h1-3,6-8H,5H2. The molecule has 0 saturated carbocycles. The fraction of sp³-hybridized carbons (Fsp3) is 0.429. The van der Waals surface area contributed by atoms with E-state index in [1.165, 1.54) is 0 Å². The van der Waals surface area contributed by atoms with E-state index in [-0.39, 0.29) is 0 Å². The highest BCUT2D eigenvalue weighted by molar-refractivity contribution is 8.00. The highest BCUT2D eigenvalue weighted by Gasteiger charge is 2.23. The quantitative estimate of drug-likeness (QED) is 0.535. The number of nitrogens with one attached hydrogen (secondary N) is 1. The van der Waals surface area contributed by atoms with Crippen LogP contribution >= 0.6 is 11.8 Å². The summed E-state index contributed by atoms with van der Waals surface area (Å²) in [5.74, 6) is 1.07. The highest BCUT2D eigenvalue weighted by atomic mass is 32.2. The van der Waals surface area contributed by atoms with Crippen LogP contribution in [0.3, 0.4) is 0 Å². The first kappa shape index (κ1) is 5.57. The van der Waals surface area contributed by atoms with Gasteiger partial charge in [-0.05, 0) is 6.08 Å². The van der Waals surface area contributed by atoms with Crippen molar-refractivity contribution in [1.29, 1.82) is 0 Å². The molecule has 1 radical (unpaired) electrons. The van der Waals surface area contributed by atoms with Crippen molar-refractivity contribution in [3.05, 3.63) is 24.3 Å². The van der Waals surface area contributed by atoms with E-state index in [9.17, 15) is 0 Å². The molecule has 1 fully saturated rings. The molecule has 47 valence electrons. The molecule has 2 unspecified atom stereocenters. The maximum absolute atomic E-state index is 3.35. The number of hydrogen-bond acceptors (Lipinski definition) is 2. The molecule has 1 N–H and O–H groups in total. The molecule has 0 aromatic carbocycles. The zero-order valence-corrected chi connectivity index (χ0v) is 5.82. The highest BCUT2D eigenvalue weighted by Crippen LogP contribution is 2.24. The van der Waals surface area contributed by atoms with Gasteiger partial charge in [-0.15, -0.1) is 11.8 Å². The molecule has 1 saturated heterocycles. The summed E-state index contributed by atoms with van der Waals surface area (Å²) in [6.45, 7) is 0. The van der Waals surface area contributed by atoms with Gasteiger partial charge in [0.15, 0.2) is 0 Å². The molecule has 1 aliphatic carbocycles. The lowest BCUT2D eigenvalue weighted by molar-refractivity contribution is 0.698. The van der Waals surface area contributed by atoms with Gasteiger partial charge in [-0.3, -0.25) is 0 Å². The van der Waals surface area contributed by atoms with Gasteiger partial charge >= 0.3 is 0 Å². The van der Waals surface area contributed by atoms with Crippen LogP contribution in [0.15, 0.2) is 18.2 Å². The molecule has 0 amide bonds. The van der Waals surface area contributed by atoms with E-state index in [4.69, 9.17) is 0 Å². The van der Waals surface area contributed by atoms with Crippen LogP contribution in [-0.2, 0) is 0 Å². The SMILES string of the molecule is [C]1=CC=CC2NCSC12. The summed E-state index contributed by atoms with van der Waals surface area (Å²) in [6.07, 6.45) is 9.52. The molecule has 0 aromatic heterocycles. The minimum Gasteiger partial charge on any atom is -0.300 e. The van der Waals surface area contributed by atoms with Gasteiger partial charge in [-0.25, -0.2) is 0 Å². The third-order valence-corrected chi connectivity index (χ3v) is 2.71. The second-order valence-electron chi connectivity index (χ2n) is 2.18. The maximum atomic E-state index is 3.35. The monoisotopic (exact) mass is 138 g/mol. The first-order valence-electron chi connectivity index (χ1n) is 3.08. The van der Waals surface area contributed by atoms with Crippen molar-refractivity contribution in [2.75, 3.05) is 5.88 Å². The molecule has 2 heteroatoms. The van der Waals surface area contributed by atoms with Crippen molar-refractivity contribution in [1.82, 2.24) is 5.32 Å². The van der Waals surface area contributed by atoms with E-state index in [1.54, 1.807) is 0 Å². The summed E-state index contributed by atoms with van der Waals surface area (Å²) < 4.78 is 0. The lowest BCUT2D eigenvalue weighted by Gasteiger charge is -2.11. The Morgan fingerprint density at radius 1 is 1.67 bits per heavy atom. The Kier molecular flexibility index (Phi) is 1.36.